The molecule has 0 saturated carbocycles. The van der Waals surface area contributed by atoms with Crippen LogP contribution >= 0.6 is 0 Å². The van der Waals surface area contributed by atoms with Gasteiger partial charge < -0.3 is 15.0 Å². The lowest BCUT2D eigenvalue weighted by Gasteiger charge is -2.25. The second-order valence-corrected chi connectivity index (χ2v) is 6.49. The van der Waals surface area contributed by atoms with Crippen LogP contribution in [0.4, 0.5) is 0 Å². The van der Waals surface area contributed by atoms with Crippen molar-refractivity contribution >= 4 is 16.8 Å². The highest BCUT2D eigenvalue weighted by atomic mass is 16.5. The van der Waals surface area contributed by atoms with Crippen LogP contribution in [0.15, 0.2) is 59.4 Å². The maximum absolute atomic E-state index is 12.4. The van der Waals surface area contributed by atoms with E-state index in [4.69, 9.17) is 4.74 Å². The molecule has 4 rings (SSSR count). The highest BCUT2D eigenvalue weighted by Gasteiger charge is 2.23. The summed E-state index contributed by atoms with van der Waals surface area (Å²) < 4.78 is 5.80. The zero-order chi connectivity index (χ0) is 17.9. The summed E-state index contributed by atoms with van der Waals surface area (Å²) >= 11 is 0. The number of aromatic amines is 1. The number of pyridine rings is 1. The fourth-order valence-electron chi connectivity index (χ4n) is 3.50. The largest absolute Gasteiger partial charge is 0.373 e. The van der Waals surface area contributed by atoms with Gasteiger partial charge in [0, 0.05) is 23.5 Å². The van der Waals surface area contributed by atoms with Crippen molar-refractivity contribution in [3.63, 3.8) is 0 Å². The van der Waals surface area contributed by atoms with E-state index in [-0.39, 0.29) is 24.0 Å². The predicted molar refractivity (Wildman–Crippen MR) is 99.9 cm³/mol. The molecule has 1 aliphatic heterocycles. The SMILES string of the molecule is O=C(C[C@@H]1OCCc2ccccc21)NCc1cc(=O)[nH]c2ccccc12. The molecule has 2 heterocycles. The molecule has 132 valence electrons. The molecule has 2 aromatic carbocycles. The minimum Gasteiger partial charge on any atom is -0.373 e. The number of rotatable bonds is 4. The van der Waals surface area contributed by atoms with Gasteiger partial charge >= 0.3 is 0 Å². The number of nitrogens with one attached hydrogen (secondary N) is 2. The van der Waals surface area contributed by atoms with Gasteiger partial charge in [-0.15, -0.1) is 0 Å². The van der Waals surface area contributed by atoms with Crippen molar-refractivity contribution in [1.29, 1.82) is 0 Å². The summed E-state index contributed by atoms with van der Waals surface area (Å²) in [5, 5.41) is 3.86. The van der Waals surface area contributed by atoms with Crippen LogP contribution in [0.3, 0.4) is 0 Å². The molecular weight excluding hydrogens is 328 g/mol. The minimum atomic E-state index is -0.212. The number of hydrogen-bond acceptors (Lipinski definition) is 3. The van der Waals surface area contributed by atoms with Crippen molar-refractivity contribution in [3.05, 3.63) is 81.6 Å². The Labute approximate surface area is 151 Å². The molecular formula is C21H20N2O3. The van der Waals surface area contributed by atoms with E-state index >= 15 is 0 Å². The Kier molecular flexibility index (Phi) is 4.54. The van der Waals surface area contributed by atoms with Gasteiger partial charge in [0.25, 0.3) is 0 Å². The maximum Gasteiger partial charge on any atom is 0.248 e. The van der Waals surface area contributed by atoms with E-state index in [2.05, 4.69) is 16.4 Å². The normalized spacial score (nSPS) is 16.2. The first-order valence-corrected chi connectivity index (χ1v) is 8.78. The fraction of sp³-hybridized carbons (Fsp3) is 0.238. The first kappa shape index (κ1) is 16.5. The smallest absolute Gasteiger partial charge is 0.248 e. The van der Waals surface area contributed by atoms with E-state index in [9.17, 15) is 9.59 Å². The second-order valence-electron chi connectivity index (χ2n) is 6.49. The standard InChI is InChI=1S/C21H20N2O3/c24-20(12-19-17-7-2-1-5-14(17)9-10-26-19)22-13-15-11-21(25)23-18-8-4-3-6-16(15)18/h1-8,11,19H,9-10,12-13H2,(H,22,24)(H,23,25)/t19-/m0/s1. The molecule has 26 heavy (non-hydrogen) atoms. The van der Waals surface area contributed by atoms with Crippen LogP contribution in [0.1, 0.15) is 29.2 Å². The average Bonchev–Trinajstić information content (AvgIpc) is 2.66. The quantitative estimate of drug-likeness (QED) is 0.762. The molecule has 5 nitrogen and oxygen atoms in total. The van der Waals surface area contributed by atoms with Crippen molar-refractivity contribution in [2.75, 3.05) is 6.61 Å². The highest BCUT2D eigenvalue weighted by molar-refractivity contribution is 5.83. The van der Waals surface area contributed by atoms with Crippen molar-refractivity contribution in [2.24, 2.45) is 0 Å². The fourth-order valence-corrected chi connectivity index (χ4v) is 3.50. The van der Waals surface area contributed by atoms with Gasteiger partial charge in [0.15, 0.2) is 0 Å². The summed E-state index contributed by atoms with van der Waals surface area (Å²) in [6, 6.07) is 17.2. The molecule has 0 bridgehead atoms. The number of H-pyrrole nitrogens is 1. The zero-order valence-corrected chi connectivity index (χ0v) is 14.3. The van der Waals surface area contributed by atoms with Gasteiger partial charge in [-0.2, -0.15) is 0 Å². The third-order valence-corrected chi connectivity index (χ3v) is 4.78. The maximum atomic E-state index is 12.4. The zero-order valence-electron chi connectivity index (χ0n) is 14.3. The number of para-hydroxylation sites is 1. The Morgan fingerprint density at radius 1 is 1.15 bits per heavy atom. The van der Waals surface area contributed by atoms with Gasteiger partial charge in [-0.1, -0.05) is 42.5 Å². The lowest BCUT2D eigenvalue weighted by atomic mass is 9.95. The monoisotopic (exact) mass is 348 g/mol. The Bertz CT molecular complexity index is 1010. The lowest BCUT2D eigenvalue weighted by Crippen LogP contribution is -2.28. The predicted octanol–water partition coefficient (Wildman–Crippen LogP) is 2.85. The number of fused-ring (bicyclic) bond motifs is 2. The summed E-state index contributed by atoms with van der Waals surface area (Å²) in [5.74, 6) is -0.0870. The van der Waals surface area contributed by atoms with E-state index in [0.717, 1.165) is 28.5 Å². The molecule has 0 aliphatic carbocycles. The first-order valence-electron chi connectivity index (χ1n) is 8.78. The van der Waals surface area contributed by atoms with Crippen LogP contribution < -0.4 is 10.9 Å². The van der Waals surface area contributed by atoms with Crippen molar-refractivity contribution in [2.45, 2.75) is 25.5 Å². The summed E-state index contributed by atoms with van der Waals surface area (Å²) in [5.41, 5.74) is 3.75. The van der Waals surface area contributed by atoms with E-state index in [0.29, 0.717) is 13.2 Å². The van der Waals surface area contributed by atoms with Gasteiger partial charge in [0.2, 0.25) is 11.5 Å². The minimum absolute atomic E-state index is 0.0870. The number of carbonyl (C=O) groups is 1. The van der Waals surface area contributed by atoms with Gasteiger partial charge in [0.05, 0.1) is 19.1 Å². The van der Waals surface area contributed by atoms with Crippen molar-refractivity contribution < 1.29 is 9.53 Å². The number of carbonyl (C=O) groups excluding carboxylic acids is 1. The van der Waals surface area contributed by atoms with Crippen LogP contribution in [-0.2, 0) is 22.5 Å². The summed E-state index contributed by atoms with van der Waals surface area (Å²) in [6.07, 6.45) is 0.946. The van der Waals surface area contributed by atoms with Crippen LogP contribution in [0.2, 0.25) is 0 Å². The van der Waals surface area contributed by atoms with Gasteiger partial charge in [-0.05, 0) is 29.2 Å². The van der Waals surface area contributed by atoms with Gasteiger partial charge in [-0.25, -0.2) is 0 Å². The van der Waals surface area contributed by atoms with E-state index in [1.54, 1.807) is 0 Å². The molecule has 0 radical (unpaired) electrons. The Balaban J connectivity index is 1.47. The summed E-state index contributed by atoms with van der Waals surface area (Å²) in [4.78, 5) is 27.1. The topological polar surface area (TPSA) is 71.2 Å². The average molecular weight is 348 g/mol. The Hall–Kier alpha value is -2.92. The lowest BCUT2D eigenvalue weighted by molar-refractivity contribution is -0.124. The number of ether oxygens (including phenoxy) is 1. The van der Waals surface area contributed by atoms with Gasteiger partial charge in [-0.3, -0.25) is 9.59 Å². The molecule has 1 aromatic heterocycles. The summed E-state index contributed by atoms with van der Waals surface area (Å²) in [6.45, 7) is 0.950. The Morgan fingerprint density at radius 2 is 1.96 bits per heavy atom. The van der Waals surface area contributed by atoms with E-state index in [1.807, 2.05) is 42.5 Å². The Morgan fingerprint density at radius 3 is 2.88 bits per heavy atom. The van der Waals surface area contributed by atoms with Crippen molar-refractivity contribution in [1.82, 2.24) is 10.3 Å². The number of benzene rings is 2. The molecule has 0 spiro atoms. The molecule has 3 aromatic rings. The molecule has 0 saturated heterocycles. The summed E-state index contributed by atoms with van der Waals surface area (Å²) in [7, 11) is 0. The van der Waals surface area contributed by atoms with Crippen LogP contribution in [0.25, 0.3) is 10.9 Å². The number of hydrogen-bond donors (Lipinski definition) is 2. The van der Waals surface area contributed by atoms with Crippen LogP contribution in [0.5, 0.6) is 0 Å². The van der Waals surface area contributed by atoms with Crippen LogP contribution in [-0.4, -0.2) is 17.5 Å². The van der Waals surface area contributed by atoms with Crippen LogP contribution in [0, 0.1) is 0 Å². The third kappa shape index (κ3) is 3.39. The third-order valence-electron chi connectivity index (χ3n) is 4.78. The van der Waals surface area contributed by atoms with Gasteiger partial charge in [0.1, 0.15) is 0 Å². The first-order chi connectivity index (χ1) is 12.7. The second kappa shape index (κ2) is 7.14. The molecule has 1 amide bonds. The molecule has 0 fully saturated rings. The molecule has 1 aliphatic rings. The number of amides is 1. The molecule has 0 unspecified atom stereocenters. The highest BCUT2D eigenvalue weighted by Crippen LogP contribution is 2.29. The van der Waals surface area contributed by atoms with E-state index in [1.165, 1.54) is 11.6 Å². The van der Waals surface area contributed by atoms with E-state index < -0.39 is 0 Å². The number of aromatic nitrogens is 1. The van der Waals surface area contributed by atoms with Crippen molar-refractivity contribution in [3.8, 4) is 0 Å². The molecule has 5 heteroatoms. The molecule has 1 atom stereocenters. The molecule has 2 N–H and O–H groups in total.